The molecule has 1 unspecified atom stereocenters. The molecule has 0 bridgehead atoms. The smallest absolute Gasteiger partial charge is 0.248 e. The highest BCUT2D eigenvalue weighted by Gasteiger charge is 2.30. The summed E-state index contributed by atoms with van der Waals surface area (Å²) in [7, 11) is 0. The number of nitrogens with one attached hydrogen (secondary N) is 2. The Morgan fingerprint density at radius 1 is 1.30 bits per heavy atom. The first kappa shape index (κ1) is 18.5. The lowest BCUT2D eigenvalue weighted by molar-refractivity contribution is -0.121. The highest BCUT2D eigenvalue weighted by Crippen LogP contribution is 2.24. The number of nitrogens with two attached hydrogens (primary N) is 1. The van der Waals surface area contributed by atoms with Gasteiger partial charge in [-0.3, -0.25) is 9.59 Å². The Bertz CT molecular complexity index is 909. The van der Waals surface area contributed by atoms with Gasteiger partial charge in [-0.2, -0.15) is 0 Å². The first-order chi connectivity index (χ1) is 12.8. The third-order valence-corrected chi connectivity index (χ3v) is 4.37. The van der Waals surface area contributed by atoms with E-state index in [2.05, 4.69) is 20.8 Å². The van der Waals surface area contributed by atoms with Gasteiger partial charge in [0.2, 0.25) is 11.8 Å². The third kappa shape index (κ3) is 4.11. The molecular formula is C19H20FN5O2. The van der Waals surface area contributed by atoms with Gasteiger partial charge in [-0.25, -0.2) is 4.39 Å². The molecule has 8 heteroatoms. The van der Waals surface area contributed by atoms with E-state index in [0.29, 0.717) is 12.2 Å². The maximum Gasteiger partial charge on any atom is 0.248 e. The summed E-state index contributed by atoms with van der Waals surface area (Å²) in [6, 6.07) is 6.90. The summed E-state index contributed by atoms with van der Waals surface area (Å²) in [5.74, 6) is -0.732. The number of hydrogen-bond acceptors (Lipinski definition) is 5. The largest absolute Gasteiger partial charge is 0.366 e. The molecule has 2 aromatic rings. The molecule has 1 aromatic heterocycles. The second kappa shape index (κ2) is 7.14. The Hall–Kier alpha value is -3.29. The Morgan fingerprint density at radius 2 is 2.07 bits per heavy atom. The minimum absolute atomic E-state index is 0.0383. The van der Waals surface area contributed by atoms with Crippen LogP contribution in [-0.4, -0.2) is 33.6 Å². The van der Waals surface area contributed by atoms with Crippen LogP contribution in [0.5, 0.6) is 0 Å². The van der Waals surface area contributed by atoms with Crippen LogP contribution in [-0.2, 0) is 4.79 Å². The molecule has 0 radical (unpaired) electrons. The first-order valence-corrected chi connectivity index (χ1v) is 8.44. The van der Waals surface area contributed by atoms with Crippen molar-refractivity contribution < 1.29 is 14.0 Å². The van der Waals surface area contributed by atoms with Crippen LogP contribution in [0.15, 0.2) is 42.5 Å². The average Bonchev–Trinajstić information content (AvgIpc) is 2.62. The molecule has 0 saturated heterocycles. The minimum Gasteiger partial charge on any atom is -0.366 e. The second-order valence-corrected chi connectivity index (χ2v) is 6.89. The van der Waals surface area contributed by atoms with E-state index in [9.17, 15) is 14.0 Å². The molecule has 2 heterocycles. The van der Waals surface area contributed by atoms with E-state index in [1.54, 1.807) is 12.1 Å². The fourth-order valence-corrected chi connectivity index (χ4v) is 2.84. The van der Waals surface area contributed by atoms with Gasteiger partial charge in [0.05, 0.1) is 17.3 Å². The van der Waals surface area contributed by atoms with Crippen molar-refractivity contribution in [3.8, 4) is 11.3 Å². The van der Waals surface area contributed by atoms with Gasteiger partial charge in [0, 0.05) is 17.5 Å². The van der Waals surface area contributed by atoms with E-state index in [1.807, 2.05) is 26.0 Å². The summed E-state index contributed by atoms with van der Waals surface area (Å²) in [6.07, 6.45) is 4.13. The zero-order valence-corrected chi connectivity index (χ0v) is 15.0. The molecule has 27 heavy (non-hydrogen) atoms. The second-order valence-electron chi connectivity index (χ2n) is 6.89. The molecular weight excluding hydrogens is 349 g/mol. The van der Waals surface area contributed by atoms with Crippen LogP contribution in [0.25, 0.3) is 11.3 Å². The van der Waals surface area contributed by atoms with E-state index < -0.39 is 17.3 Å². The number of nitrogens with zero attached hydrogens (tertiary/aromatic N) is 2. The number of amides is 2. The SMILES string of the molecule is CC(C)(Nc1ccc(-c2cc(C(N)=O)ccc2F)nn1)C1C=CCC(=O)N1. The number of carbonyl (C=O) groups excluding carboxylic acids is 2. The Labute approximate surface area is 155 Å². The van der Waals surface area contributed by atoms with E-state index in [4.69, 9.17) is 5.73 Å². The van der Waals surface area contributed by atoms with Crippen LogP contribution >= 0.6 is 0 Å². The molecule has 1 aliphatic rings. The highest BCUT2D eigenvalue weighted by molar-refractivity contribution is 5.94. The van der Waals surface area contributed by atoms with Gasteiger partial charge < -0.3 is 16.4 Å². The molecule has 0 fully saturated rings. The molecule has 4 N–H and O–H groups in total. The summed E-state index contributed by atoms with van der Waals surface area (Å²) in [4.78, 5) is 22.9. The van der Waals surface area contributed by atoms with Crippen LogP contribution in [0.1, 0.15) is 30.6 Å². The fraction of sp³-hybridized carbons (Fsp3) is 0.263. The van der Waals surface area contributed by atoms with Crippen molar-refractivity contribution in [3.63, 3.8) is 0 Å². The summed E-state index contributed by atoms with van der Waals surface area (Å²) >= 11 is 0. The lowest BCUT2D eigenvalue weighted by Crippen LogP contribution is -2.53. The molecule has 7 nitrogen and oxygen atoms in total. The average molecular weight is 369 g/mol. The summed E-state index contributed by atoms with van der Waals surface area (Å²) in [5, 5.41) is 14.3. The number of rotatable bonds is 5. The molecule has 0 aliphatic carbocycles. The van der Waals surface area contributed by atoms with Gasteiger partial charge in [-0.05, 0) is 44.2 Å². The predicted octanol–water partition coefficient (Wildman–Crippen LogP) is 2.02. The van der Waals surface area contributed by atoms with Gasteiger partial charge in [-0.1, -0.05) is 12.2 Å². The number of hydrogen-bond donors (Lipinski definition) is 3. The molecule has 3 rings (SSSR count). The number of carbonyl (C=O) groups is 2. The number of anilines is 1. The fourth-order valence-electron chi connectivity index (χ4n) is 2.84. The standard InChI is InChI=1S/C19H20FN5O2/c1-19(2,15-4-3-5-17(26)22-15)23-16-9-8-14(24-25-16)12-10-11(18(21)27)6-7-13(12)20/h3-4,6-10,15H,5H2,1-2H3,(H2,21,27)(H,22,26)(H,23,25). The molecule has 1 aliphatic heterocycles. The van der Waals surface area contributed by atoms with Crippen LogP contribution in [0.4, 0.5) is 10.2 Å². The maximum absolute atomic E-state index is 14.1. The number of benzene rings is 1. The molecule has 1 atom stereocenters. The molecule has 2 amide bonds. The summed E-state index contributed by atoms with van der Waals surface area (Å²) < 4.78 is 14.1. The molecule has 0 saturated carbocycles. The van der Waals surface area contributed by atoms with Crippen molar-refractivity contribution in [1.82, 2.24) is 15.5 Å². The van der Waals surface area contributed by atoms with E-state index in [0.717, 1.165) is 0 Å². The number of primary amides is 1. The monoisotopic (exact) mass is 369 g/mol. The number of halogens is 1. The van der Waals surface area contributed by atoms with E-state index in [-0.39, 0.29) is 28.8 Å². The lowest BCUT2D eigenvalue weighted by Gasteiger charge is -2.35. The van der Waals surface area contributed by atoms with Gasteiger partial charge in [0.1, 0.15) is 11.6 Å². The quantitative estimate of drug-likeness (QED) is 0.699. The molecule has 140 valence electrons. The summed E-state index contributed by atoms with van der Waals surface area (Å²) in [6.45, 7) is 3.86. The van der Waals surface area contributed by atoms with Gasteiger partial charge in [0.15, 0.2) is 0 Å². The van der Waals surface area contributed by atoms with Crippen molar-refractivity contribution in [2.45, 2.75) is 31.8 Å². The van der Waals surface area contributed by atoms with Gasteiger partial charge in [-0.15, -0.1) is 10.2 Å². The van der Waals surface area contributed by atoms with Crippen LogP contribution in [0.3, 0.4) is 0 Å². The molecule has 0 spiro atoms. The first-order valence-electron chi connectivity index (χ1n) is 8.44. The van der Waals surface area contributed by atoms with Crippen molar-refractivity contribution in [3.05, 3.63) is 53.9 Å². The van der Waals surface area contributed by atoms with Crippen molar-refractivity contribution in [2.75, 3.05) is 5.32 Å². The topological polar surface area (TPSA) is 110 Å². The Kier molecular flexibility index (Phi) is 4.89. The van der Waals surface area contributed by atoms with Gasteiger partial charge in [0.25, 0.3) is 0 Å². The van der Waals surface area contributed by atoms with Crippen molar-refractivity contribution in [1.29, 1.82) is 0 Å². The Balaban J connectivity index is 1.81. The lowest BCUT2D eigenvalue weighted by atomic mass is 9.92. The minimum atomic E-state index is -0.646. The molecule has 1 aromatic carbocycles. The number of aromatic nitrogens is 2. The van der Waals surface area contributed by atoms with E-state index >= 15 is 0 Å². The van der Waals surface area contributed by atoms with E-state index in [1.165, 1.54) is 18.2 Å². The van der Waals surface area contributed by atoms with Crippen LogP contribution < -0.4 is 16.4 Å². The maximum atomic E-state index is 14.1. The van der Waals surface area contributed by atoms with Crippen LogP contribution in [0.2, 0.25) is 0 Å². The third-order valence-electron chi connectivity index (χ3n) is 4.37. The normalized spacial score (nSPS) is 16.7. The highest BCUT2D eigenvalue weighted by atomic mass is 19.1. The zero-order valence-electron chi connectivity index (χ0n) is 15.0. The van der Waals surface area contributed by atoms with Gasteiger partial charge >= 0.3 is 0 Å². The summed E-state index contributed by atoms with van der Waals surface area (Å²) in [5.41, 5.74) is 5.35. The zero-order chi connectivity index (χ0) is 19.6. The predicted molar refractivity (Wildman–Crippen MR) is 99.3 cm³/mol. The van der Waals surface area contributed by atoms with Crippen molar-refractivity contribution >= 4 is 17.6 Å². The van der Waals surface area contributed by atoms with Crippen LogP contribution in [0, 0.1) is 5.82 Å². The Morgan fingerprint density at radius 3 is 2.70 bits per heavy atom. The van der Waals surface area contributed by atoms with Crippen molar-refractivity contribution in [2.24, 2.45) is 5.73 Å².